The van der Waals surface area contributed by atoms with Crippen LogP contribution in [0.15, 0.2) is 52.5 Å². The van der Waals surface area contributed by atoms with Crippen molar-refractivity contribution >= 4 is 23.2 Å². The van der Waals surface area contributed by atoms with Gasteiger partial charge in [-0.1, -0.05) is 39.0 Å². The second-order valence-corrected chi connectivity index (χ2v) is 15.7. The van der Waals surface area contributed by atoms with E-state index in [1.807, 2.05) is 0 Å². The zero-order chi connectivity index (χ0) is 38.4. The van der Waals surface area contributed by atoms with Crippen LogP contribution in [0.2, 0.25) is 0 Å². The maximum Gasteiger partial charge on any atom is 0.312 e. The normalized spacial score (nSPS) is 31.6. The molecular weight excluding hydrogens is 680 g/mol. The number of allylic oxidation sites excluding steroid dienone is 5. The zero-order valence-electron chi connectivity index (χ0n) is 31.4. The van der Waals surface area contributed by atoms with E-state index in [0.29, 0.717) is 31.6 Å². The van der Waals surface area contributed by atoms with Crippen molar-refractivity contribution in [2.24, 2.45) is 16.8 Å². The molecule has 5 aliphatic heterocycles. The fourth-order valence-corrected chi connectivity index (χ4v) is 7.70. The predicted octanol–water partition coefficient (Wildman–Crippen LogP) is 3.68. The molecule has 5 heterocycles. The SMILES string of the molecule is C/C1=C/C=C/C(C)[C@H](O)CC(O)C[C@H](O)CC/C=C/OC2(C)Oc3c(C)c(O)c4c(c3C2=O)C2=NC3(CCN(CC(C)C)CC3)NC2=C(NC1=O)C4=O. The number of aliphatic imine (C=N–C) groups is 1. The number of carbonyl (C=O) groups is 3. The number of hydrogen-bond acceptors (Lipinski definition) is 12. The highest BCUT2D eigenvalue weighted by Crippen LogP contribution is 2.50. The van der Waals surface area contributed by atoms with E-state index in [2.05, 4.69) is 29.4 Å². The van der Waals surface area contributed by atoms with Crippen LogP contribution in [0.25, 0.3) is 0 Å². The molecule has 1 saturated heterocycles. The Labute approximate surface area is 310 Å². The summed E-state index contributed by atoms with van der Waals surface area (Å²) in [4.78, 5) is 50.1. The number of ether oxygens (including phenoxy) is 2. The summed E-state index contributed by atoms with van der Waals surface area (Å²) in [5, 5.41) is 49.6. The van der Waals surface area contributed by atoms with Gasteiger partial charge in [0, 0.05) is 62.0 Å². The minimum absolute atomic E-state index is 0.0471. The minimum atomic E-state index is -1.84. The van der Waals surface area contributed by atoms with Gasteiger partial charge >= 0.3 is 5.79 Å². The molecular formula is C40H52N4O9. The molecule has 1 aliphatic carbocycles. The number of aliphatic hydroxyl groups excluding tert-OH is 3. The Morgan fingerprint density at radius 3 is 2.43 bits per heavy atom. The van der Waals surface area contributed by atoms with Gasteiger partial charge in [0.2, 0.25) is 5.78 Å². The van der Waals surface area contributed by atoms with E-state index in [0.717, 1.165) is 19.6 Å². The molecule has 5 atom stereocenters. The summed E-state index contributed by atoms with van der Waals surface area (Å²) in [6.45, 7) is 13.1. The van der Waals surface area contributed by atoms with Gasteiger partial charge in [0.05, 0.1) is 47.1 Å². The summed E-state index contributed by atoms with van der Waals surface area (Å²) in [6.07, 6.45) is 7.16. The average molecular weight is 733 g/mol. The molecule has 6 N–H and O–H groups in total. The minimum Gasteiger partial charge on any atom is -0.507 e. The molecule has 0 saturated carbocycles. The van der Waals surface area contributed by atoms with Crippen molar-refractivity contribution in [3.63, 3.8) is 0 Å². The number of hydrogen-bond donors (Lipinski definition) is 6. The maximum absolute atomic E-state index is 14.5. The van der Waals surface area contributed by atoms with E-state index in [4.69, 9.17) is 14.5 Å². The van der Waals surface area contributed by atoms with Gasteiger partial charge in [0.15, 0.2) is 0 Å². The number of aromatic hydroxyl groups is 1. The Hall–Kier alpha value is -4.30. The fourth-order valence-electron chi connectivity index (χ4n) is 7.70. The first-order valence-corrected chi connectivity index (χ1v) is 18.6. The van der Waals surface area contributed by atoms with Gasteiger partial charge in [0.1, 0.15) is 22.9 Å². The Kier molecular flexibility index (Phi) is 10.8. The van der Waals surface area contributed by atoms with Crippen LogP contribution in [-0.4, -0.2) is 97.9 Å². The molecule has 1 spiro atoms. The standard InChI is InChI=1S/C40H52N4O9/c1-21(2)20-44-15-13-40(14-16-44)42-31-28-29-34(48)24(5)36-30(28)37(50)39(6,53-36)52-17-8-7-12-25(45)18-26(46)19-27(47)22(3)10-9-11-23(4)38(51)41-33(35(29)49)32(31)43-40/h8-11,17,21-22,25-27,43,45-48H,7,12-16,18-20H2,1-6H3,(H,41,51)/b10-9+,17-8+,23-11-/t22?,25-,26?,27-,39?/m1/s1. The molecule has 13 nitrogen and oxygen atoms in total. The highest BCUT2D eigenvalue weighted by atomic mass is 16.7. The molecule has 286 valence electrons. The van der Waals surface area contributed by atoms with Crippen LogP contribution in [0.3, 0.4) is 0 Å². The monoisotopic (exact) mass is 732 g/mol. The number of carbonyl (C=O) groups excluding carboxylic acids is 3. The van der Waals surface area contributed by atoms with E-state index in [9.17, 15) is 34.8 Å². The van der Waals surface area contributed by atoms with Crippen LogP contribution in [0, 0.1) is 18.8 Å². The quantitative estimate of drug-likeness (QED) is 0.260. The number of nitrogens with zero attached hydrogens (tertiary/aromatic N) is 2. The summed E-state index contributed by atoms with van der Waals surface area (Å²) >= 11 is 0. The Balaban J connectivity index is 1.45. The lowest BCUT2D eigenvalue weighted by atomic mass is 9.82. The van der Waals surface area contributed by atoms with Crippen molar-refractivity contribution in [3.05, 3.63) is 69.8 Å². The molecule has 1 aromatic rings. The van der Waals surface area contributed by atoms with Gasteiger partial charge in [0.25, 0.3) is 11.7 Å². The van der Waals surface area contributed by atoms with Gasteiger partial charge in [-0.15, -0.1) is 0 Å². The van der Waals surface area contributed by atoms with Gasteiger partial charge in [-0.05, 0) is 51.5 Å². The average Bonchev–Trinajstić information content (AvgIpc) is 3.59. The van der Waals surface area contributed by atoms with Crippen molar-refractivity contribution < 1.29 is 44.3 Å². The largest absolute Gasteiger partial charge is 0.507 e. The molecule has 5 bridgehead atoms. The van der Waals surface area contributed by atoms with Gasteiger partial charge in [-0.25, -0.2) is 0 Å². The number of phenolic OH excluding ortho intramolecular Hbond substituents is 1. The number of aliphatic hydroxyl groups is 3. The number of nitrogens with one attached hydrogen (secondary N) is 2. The summed E-state index contributed by atoms with van der Waals surface area (Å²) in [6, 6.07) is 0. The predicted molar refractivity (Wildman–Crippen MR) is 197 cm³/mol. The number of rotatable bonds is 2. The smallest absolute Gasteiger partial charge is 0.312 e. The zero-order valence-corrected chi connectivity index (χ0v) is 31.4. The number of Topliss-reactive ketones (excluding diaryl/α,β-unsaturated/α-hetero) is 2. The van der Waals surface area contributed by atoms with E-state index >= 15 is 0 Å². The van der Waals surface area contributed by atoms with Crippen molar-refractivity contribution in [1.29, 1.82) is 0 Å². The van der Waals surface area contributed by atoms with Crippen LogP contribution in [0.4, 0.5) is 0 Å². The van der Waals surface area contributed by atoms with E-state index in [-0.39, 0.29) is 75.2 Å². The summed E-state index contributed by atoms with van der Waals surface area (Å²) in [5.74, 6) is -3.86. The fraction of sp³-hybridized carbons (Fsp3) is 0.550. The molecule has 6 aliphatic rings. The second-order valence-electron chi connectivity index (χ2n) is 15.7. The number of fused-ring (bicyclic) bond motifs is 13. The Bertz CT molecular complexity index is 1830. The highest BCUT2D eigenvalue weighted by Gasteiger charge is 2.54. The molecule has 1 aromatic carbocycles. The molecule has 0 aromatic heterocycles. The van der Waals surface area contributed by atoms with Crippen molar-refractivity contribution in [3.8, 4) is 11.5 Å². The molecule has 3 unspecified atom stereocenters. The number of amides is 1. The second kappa shape index (κ2) is 14.8. The Morgan fingerprint density at radius 2 is 1.74 bits per heavy atom. The Morgan fingerprint density at radius 1 is 1.02 bits per heavy atom. The third-order valence-electron chi connectivity index (χ3n) is 10.8. The van der Waals surface area contributed by atoms with Gasteiger partial charge in [-0.3, -0.25) is 19.4 Å². The molecule has 0 radical (unpaired) electrons. The van der Waals surface area contributed by atoms with Gasteiger partial charge in [-0.2, -0.15) is 0 Å². The summed E-state index contributed by atoms with van der Waals surface area (Å²) in [7, 11) is 0. The molecule has 1 fully saturated rings. The number of ketones is 2. The lowest BCUT2D eigenvalue weighted by molar-refractivity contribution is -0.116. The summed E-state index contributed by atoms with van der Waals surface area (Å²) in [5.41, 5.74) is 0.125. The van der Waals surface area contributed by atoms with Crippen LogP contribution in [-0.2, 0) is 9.53 Å². The highest BCUT2D eigenvalue weighted by molar-refractivity contribution is 6.34. The van der Waals surface area contributed by atoms with Crippen molar-refractivity contribution in [2.75, 3.05) is 19.6 Å². The first-order valence-electron chi connectivity index (χ1n) is 18.6. The topological polar surface area (TPSA) is 190 Å². The van der Waals surface area contributed by atoms with Crippen LogP contribution in [0.1, 0.15) is 105 Å². The number of likely N-dealkylation sites (tertiary alicyclic amines) is 1. The lowest BCUT2D eigenvalue weighted by Gasteiger charge is -2.38. The van der Waals surface area contributed by atoms with Crippen LogP contribution < -0.4 is 15.4 Å². The molecule has 1 amide bonds. The van der Waals surface area contributed by atoms with E-state index in [1.54, 1.807) is 45.1 Å². The van der Waals surface area contributed by atoms with Crippen LogP contribution >= 0.6 is 0 Å². The van der Waals surface area contributed by atoms with E-state index in [1.165, 1.54) is 13.2 Å². The molecule has 13 heteroatoms. The number of piperidine rings is 1. The third kappa shape index (κ3) is 7.44. The third-order valence-corrected chi connectivity index (χ3v) is 10.8. The molecule has 7 rings (SSSR count). The molecule has 53 heavy (non-hydrogen) atoms. The first kappa shape index (κ1) is 38.4. The van der Waals surface area contributed by atoms with Crippen molar-refractivity contribution in [2.45, 2.75) is 110 Å². The number of phenols is 1. The van der Waals surface area contributed by atoms with Crippen molar-refractivity contribution in [1.82, 2.24) is 15.5 Å². The summed E-state index contributed by atoms with van der Waals surface area (Å²) < 4.78 is 12.1. The van der Waals surface area contributed by atoms with E-state index < -0.39 is 47.2 Å². The number of benzene rings is 1. The van der Waals surface area contributed by atoms with Gasteiger partial charge < -0.3 is 45.4 Å². The maximum atomic E-state index is 14.5. The van der Waals surface area contributed by atoms with Crippen LogP contribution in [0.5, 0.6) is 11.5 Å². The first-order chi connectivity index (χ1) is 25.0. The lowest BCUT2D eigenvalue weighted by Crippen LogP contribution is -2.50.